The molecule has 2 aromatic carbocycles. The van der Waals surface area contributed by atoms with Crippen LogP contribution in [0.3, 0.4) is 0 Å². The summed E-state index contributed by atoms with van der Waals surface area (Å²) in [5.41, 5.74) is 0.827. The average Bonchev–Trinajstić information content (AvgIpc) is 2.91. The summed E-state index contributed by atoms with van der Waals surface area (Å²) < 4.78 is 60.8. The van der Waals surface area contributed by atoms with Gasteiger partial charge in [0, 0.05) is 12.7 Å². The third-order valence-electron chi connectivity index (χ3n) is 7.64. The number of esters is 1. The van der Waals surface area contributed by atoms with E-state index in [1.165, 1.54) is 12.1 Å². The Morgan fingerprint density at radius 2 is 1.51 bits per heavy atom. The molecule has 0 aromatic heterocycles. The lowest BCUT2D eigenvalue weighted by atomic mass is 9.77. The fraction of sp³-hybridized carbons (Fsp3) is 0.500. The van der Waals surface area contributed by atoms with E-state index in [0.29, 0.717) is 49.2 Å². The summed E-state index contributed by atoms with van der Waals surface area (Å²) in [6, 6.07) is 7.51. The summed E-state index contributed by atoms with van der Waals surface area (Å²) in [6.07, 6.45) is 7.06. The normalized spacial score (nSPS) is 23.9. The van der Waals surface area contributed by atoms with Crippen LogP contribution in [0.2, 0.25) is 0 Å². The Bertz CT molecular complexity index is 1090. The van der Waals surface area contributed by atoms with Crippen LogP contribution in [0.15, 0.2) is 43.0 Å². The Kier molecular flexibility index (Phi) is 9.30. The molecule has 0 radical (unpaired) electrons. The van der Waals surface area contributed by atoms with E-state index in [-0.39, 0.29) is 30.3 Å². The molecule has 2 aliphatic carbocycles. The van der Waals surface area contributed by atoms with Crippen LogP contribution in [0.1, 0.15) is 81.3 Å². The van der Waals surface area contributed by atoms with Gasteiger partial charge in [-0.15, -0.1) is 0 Å². The zero-order valence-corrected chi connectivity index (χ0v) is 21.3. The van der Waals surface area contributed by atoms with Crippen molar-refractivity contribution in [2.45, 2.75) is 76.2 Å². The fourth-order valence-corrected chi connectivity index (χ4v) is 5.63. The maximum Gasteiger partial charge on any atom is 0.314 e. The predicted molar refractivity (Wildman–Crippen MR) is 135 cm³/mol. The van der Waals surface area contributed by atoms with Crippen LogP contribution in [-0.2, 0) is 9.53 Å². The molecule has 0 aliphatic heterocycles. The van der Waals surface area contributed by atoms with Crippen LogP contribution in [0, 0.1) is 23.4 Å². The maximum atomic E-state index is 15.1. The van der Waals surface area contributed by atoms with Crippen LogP contribution in [0.4, 0.5) is 13.2 Å². The first-order valence-corrected chi connectivity index (χ1v) is 13.3. The molecule has 4 nitrogen and oxygen atoms in total. The fourth-order valence-electron chi connectivity index (χ4n) is 5.63. The Balaban J connectivity index is 1.33. The molecule has 7 heteroatoms. The lowest BCUT2D eigenvalue weighted by Gasteiger charge is -2.30. The standard InChI is InChI=1S/C30H35F3O4/c1-3-17-36-23-13-16-27(26(31)18-23)37-30(34)21-7-5-19(6-8-21)24-14-15-25(29(33)28(24)32)20-9-11-22(12-10-20)35-4-2/h3,13-16,18-22H,1,4-12,17H2,2H3. The lowest BCUT2D eigenvalue weighted by molar-refractivity contribution is -0.140. The minimum atomic E-state index is -0.767. The number of halogens is 3. The van der Waals surface area contributed by atoms with Crippen molar-refractivity contribution in [2.24, 2.45) is 5.92 Å². The van der Waals surface area contributed by atoms with Crippen LogP contribution in [0.5, 0.6) is 11.5 Å². The van der Waals surface area contributed by atoms with Crippen molar-refractivity contribution in [3.8, 4) is 11.5 Å². The Morgan fingerprint density at radius 1 is 0.919 bits per heavy atom. The van der Waals surface area contributed by atoms with Crippen molar-refractivity contribution in [3.05, 3.63) is 71.6 Å². The summed E-state index contributed by atoms with van der Waals surface area (Å²) in [4.78, 5) is 12.6. The molecule has 0 bridgehead atoms. The third kappa shape index (κ3) is 6.56. The molecular formula is C30H35F3O4. The van der Waals surface area contributed by atoms with Crippen LogP contribution < -0.4 is 9.47 Å². The molecule has 0 unspecified atom stereocenters. The topological polar surface area (TPSA) is 44.8 Å². The molecule has 0 spiro atoms. The van der Waals surface area contributed by atoms with Crippen molar-refractivity contribution >= 4 is 5.97 Å². The van der Waals surface area contributed by atoms with Gasteiger partial charge in [-0.05, 0) is 93.4 Å². The zero-order chi connectivity index (χ0) is 26.4. The highest BCUT2D eigenvalue weighted by atomic mass is 19.2. The van der Waals surface area contributed by atoms with Gasteiger partial charge in [0.05, 0.1) is 12.0 Å². The molecule has 0 amide bonds. The van der Waals surface area contributed by atoms with E-state index < -0.39 is 29.3 Å². The molecule has 37 heavy (non-hydrogen) atoms. The molecule has 2 fully saturated rings. The van der Waals surface area contributed by atoms with Crippen molar-refractivity contribution < 1.29 is 32.2 Å². The number of carbonyl (C=O) groups excluding carboxylic acids is 1. The second-order valence-corrected chi connectivity index (χ2v) is 9.96. The Morgan fingerprint density at radius 3 is 2.05 bits per heavy atom. The van der Waals surface area contributed by atoms with Gasteiger partial charge in [0.15, 0.2) is 23.2 Å². The van der Waals surface area contributed by atoms with Crippen LogP contribution in [-0.4, -0.2) is 25.3 Å². The zero-order valence-electron chi connectivity index (χ0n) is 21.3. The first-order valence-electron chi connectivity index (χ1n) is 13.3. The van der Waals surface area contributed by atoms with Gasteiger partial charge in [-0.3, -0.25) is 4.79 Å². The van der Waals surface area contributed by atoms with E-state index in [9.17, 15) is 9.18 Å². The summed E-state index contributed by atoms with van der Waals surface area (Å²) in [7, 11) is 0. The van der Waals surface area contributed by atoms with Gasteiger partial charge in [-0.25, -0.2) is 13.2 Å². The van der Waals surface area contributed by atoms with Crippen molar-refractivity contribution in [3.63, 3.8) is 0 Å². The second kappa shape index (κ2) is 12.6. The number of benzene rings is 2. The van der Waals surface area contributed by atoms with E-state index >= 15 is 8.78 Å². The molecule has 2 saturated carbocycles. The SMILES string of the molecule is C=CCOc1ccc(OC(=O)C2CCC(c3ccc(C4CCC(OCC)CC4)c(F)c3F)CC2)c(F)c1. The molecule has 200 valence electrons. The highest BCUT2D eigenvalue weighted by Gasteiger charge is 2.32. The molecule has 4 rings (SSSR count). The summed E-state index contributed by atoms with van der Waals surface area (Å²) >= 11 is 0. The molecule has 2 aromatic rings. The van der Waals surface area contributed by atoms with Gasteiger partial charge >= 0.3 is 5.97 Å². The highest BCUT2D eigenvalue weighted by Crippen LogP contribution is 2.41. The molecule has 0 heterocycles. The third-order valence-corrected chi connectivity index (χ3v) is 7.64. The average molecular weight is 517 g/mol. The van der Waals surface area contributed by atoms with Crippen molar-refractivity contribution in [2.75, 3.05) is 13.2 Å². The Hall–Kier alpha value is -2.80. The van der Waals surface area contributed by atoms with Crippen LogP contribution >= 0.6 is 0 Å². The van der Waals surface area contributed by atoms with E-state index in [0.717, 1.165) is 31.7 Å². The first kappa shape index (κ1) is 27.2. The van der Waals surface area contributed by atoms with Gasteiger partial charge in [0.1, 0.15) is 12.4 Å². The van der Waals surface area contributed by atoms with Crippen LogP contribution in [0.25, 0.3) is 0 Å². The number of rotatable bonds is 9. The van der Waals surface area contributed by atoms with Crippen molar-refractivity contribution in [1.29, 1.82) is 0 Å². The van der Waals surface area contributed by atoms with Crippen molar-refractivity contribution in [1.82, 2.24) is 0 Å². The number of hydrogen-bond donors (Lipinski definition) is 0. The second-order valence-electron chi connectivity index (χ2n) is 9.96. The summed E-state index contributed by atoms with van der Waals surface area (Å²) in [5, 5.41) is 0. The number of carbonyl (C=O) groups is 1. The molecule has 0 atom stereocenters. The Labute approximate surface area is 216 Å². The largest absolute Gasteiger partial charge is 0.489 e. The van der Waals surface area contributed by atoms with Gasteiger partial charge in [0.25, 0.3) is 0 Å². The van der Waals surface area contributed by atoms with E-state index in [4.69, 9.17) is 14.2 Å². The quantitative estimate of drug-likeness (QED) is 0.195. The predicted octanol–water partition coefficient (Wildman–Crippen LogP) is 7.61. The monoisotopic (exact) mass is 516 g/mol. The molecular weight excluding hydrogens is 481 g/mol. The van der Waals surface area contributed by atoms with E-state index in [2.05, 4.69) is 6.58 Å². The maximum absolute atomic E-state index is 15.1. The highest BCUT2D eigenvalue weighted by molar-refractivity contribution is 5.75. The van der Waals surface area contributed by atoms with E-state index in [1.54, 1.807) is 18.2 Å². The number of hydrogen-bond acceptors (Lipinski definition) is 4. The van der Waals surface area contributed by atoms with Gasteiger partial charge in [-0.2, -0.15) is 0 Å². The lowest BCUT2D eigenvalue weighted by Crippen LogP contribution is -2.26. The van der Waals surface area contributed by atoms with Gasteiger partial charge in [-0.1, -0.05) is 24.8 Å². The smallest absolute Gasteiger partial charge is 0.314 e. The van der Waals surface area contributed by atoms with Gasteiger partial charge in [0.2, 0.25) is 0 Å². The first-order chi connectivity index (χ1) is 17.9. The summed E-state index contributed by atoms with van der Waals surface area (Å²) in [6.45, 7) is 6.42. The summed E-state index contributed by atoms with van der Waals surface area (Å²) in [5.74, 6) is -3.12. The van der Waals surface area contributed by atoms with Gasteiger partial charge < -0.3 is 14.2 Å². The minimum Gasteiger partial charge on any atom is -0.489 e. The molecule has 0 saturated heterocycles. The van der Waals surface area contributed by atoms with E-state index in [1.807, 2.05) is 6.92 Å². The molecule has 2 aliphatic rings. The minimum absolute atomic E-state index is 0.00812. The number of ether oxygens (including phenoxy) is 3. The molecule has 0 N–H and O–H groups in total.